The average molecular weight is 311 g/mol. The number of hydrogen-bond donors (Lipinski definition) is 0. The van der Waals surface area contributed by atoms with Gasteiger partial charge in [0.15, 0.2) is 6.61 Å². The monoisotopic (exact) mass is 311 g/mol. The first-order chi connectivity index (χ1) is 11.2. The summed E-state index contributed by atoms with van der Waals surface area (Å²) in [7, 11) is 0. The number of fused-ring (bicyclic) bond motifs is 1. The highest BCUT2D eigenvalue weighted by molar-refractivity contribution is 6.20. The summed E-state index contributed by atoms with van der Waals surface area (Å²) in [5.74, 6) is -1.83. The van der Waals surface area contributed by atoms with Crippen LogP contribution in [0.3, 0.4) is 0 Å². The Morgan fingerprint density at radius 1 is 0.870 bits per heavy atom. The number of nitrogens with zero attached hydrogens (tertiary/aromatic N) is 1. The van der Waals surface area contributed by atoms with Crippen LogP contribution in [0.25, 0.3) is 0 Å². The quantitative estimate of drug-likeness (QED) is 0.623. The molecule has 0 aromatic heterocycles. The van der Waals surface area contributed by atoms with Crippen LogP contribution in [0.5, 0.6) is 0 Å². The minimum absolute atomic E-state index is 0.102. The Labute approximate surface area is 132 Å². The number of hydrogen-bond acceptors (Lipinski definition) is 5. The number of benzene rings is 2. The van der Waals surface area contributed by atoms with Crippen LogP contribution < -0.4 is 0 Å². The van der Waals surface area contributed by atoms with Crippen LogP contribution in [-0.2, 0) is 21.0 Å². The Bertz CT molecular complexity index is 722. The molecule has 0 saturated carbocycles. The number of esters is 1. The molecule has 2 aromatic carbocycles. The zero-order chi connectivity index (χ0) is 16.2. The molecular formula is C17H13NO5. The van der Waals surface area contributed by atoms with Crippen LogP contribution >= 0.6 is 0 Å². The van der Waals surface area contributed by atoms with Crippen molar-refractivity contribution in [1.82, 2.24) is 5.06 Å². The highest BCUT2D eigenvalue weighted by atomic mass is 16.7. The Kier molecular flexibility index (Phi) is 4.16. The summed E-state index contributed by atoms with van der Waals surface area (Å²) in [5, 5.41) is 0.592. The fourth-order valence-corrected chi connectivity index (χ4v) is 2.18. The van der Waals surface area contributed by atoms with Crippen molar-refractivity contribution >= 4 is 17.8 Å². The van der Waals surface area contributed by atoms with Crippen molar-refractivity contribution in [2.75, 3.05) is 6.61 Å². The van der Waals surface area contributed by atoms with Gasteiger partial charge in [0.2, 0.25) is 0 Å². The highest BCUT2D eigenvalue weighted by Crippen LogP contribution is 2.22. The van der Waals surface area contributed by atoms with Crippen LogP contribution in [0.4, 0.5) is 0 Å². The Hall–Kier alpha value is -2.99. The van der Waals surface area contributed by atoms with Gasteiger partial charge in [0, 0.05) is 0 Å². The average Bonchev–Trinajstić information content (AvgIpc) is 2.83. The lowest BCUT2D eigenvalue weighted by molar-refractivity contribution is -0.162. The standard InChI is InChI=1S/C17H13NO5/c19-15(22-10-12-6-2-1-3-7-12)11-23-18-16(20)13-8-4-5-9-14(13)17(18)21/h1-9H,10-11H2. The Balaban J connectivity index is 1.54. The number of hydroxylamine groups is 2. The summed E-state index contributed by atoms with van der Waals surface area (Å²) in [6, 6.07) is 15.5. The third-order valence-corrected chi connectivity index (χ3v) is 3.31. The van der Waals surface area contributed by atoms with Crippen molar-refractivity contribution in [3.8, 4) is 0 Å². The van der Waals surface area contributed by atoms with E-state index >= 15 is 0 Å². The number of amides is 2. The SMILES string of the molecule is O=C(CON1C(=O)c2ccccc2C1=O)OCc1ccccc1. The first-order valence-electron chi connectivity index (χ1n) is 6.97. The third kappa shape index (κ3) is 3.12. The van der Waals surface area contributed by atoms with Gasteiger partial charge >= 0.3 is 5.97 Å². The summed E-state index contributed by atoms with van der Waals surface area (Å²) < 4.78 is 5.02. The van der Waals surface area contributed by atoms with Crippen LogP contribution in [0.15, 0.2) is 54.6 Å². The van der Waals surface area contributed by atoms with Gasteiger partial charge in [-0.1, -0.05) is 42.5 Å². The third-order valence-electron chi connectivity index (χ3n) is 3.31. The van der Waals surface area contributed by atoms with E-state index in [9.17, 15) is 14.4 Å². The second kappa shape index (κ2) is 6.41. The number of carbonyl (C=O) groups is 3. The predicted octanol–water partition coefficient (Wildman–Crippen LogP) is 1.96. The molecule has 0 spiro atoms. The van der Waals surface area contributed by atoms with E-state index in [0.717, 1.165) is 5.56 Å². The van der Waals surface area contributed by atoms with E-state index in [4.69, 9.17) is 9.57 Å². The van der Waals surface area contributed by atoms with E-state index in [1.54, 1.807) is 12.1 Å². The molecule has 0 bridgehead atoms. The summed E-state index contributed by atoms with van der Waals surface area (Å²) in [6.07, 6.45) is 0. The molecule has 0 atom stereocenters. The van der Waals surface area contributed by atoms with Crippen molar-refractivity contribution in [1.29, 1.82) is 0 Å². The first kappa shape index (κ1) is 14.9. The van der Waals surface area contributed by atoms with Gasteiger partial charge in [0.25, 0.3) is 11.8 Å². The molecule has 2 amide bonds. The van der Waals surface area contributed by atoms with Crippen molar-refractivity contribution in [3.05, 3.63) is 71.3 Å². The maximum Gasteiger partial charge on any atom is 0.335 e. The fraction of sp³-hybridized carbons (Fsp3) is 0.118. The van der Waals surface area contributed by atoms with Crippen molar-refractivity contribution in [2.24, 2.45) is 0 Å². The number of ether oxygens (including phenoxy) is 1. The molecule has 2 aromatic rings. The van der Waals surface area contributed by atoms with Gasteiger partial charge in [-0.15, -0.1) is 5.06 Å². The molecule has 0 radical (unpaired) electrons. The molecule has 3 rings (SSSR count). The maximum atomic E-state index is 12.0. The predicted molar refractivity (Wildman–Crippen MR) is 79.1 cm³/mol. The molecule has 116 valence electrons. The Morgan fingerprint density at radius 2 is 1.43 bits per heavy atom. The molecule has 6 heteroatoms. The van der Waals surface area contributed by atoms with Crippen molar-refractivity contribution in [2.45, 2.75) is 6.61 Å². The molecule has 1 aliphatic heterocycles. The lowest BCUT2D eigenvalue weighted by atomic mass is 10.1. The van der Waals surface area contributed by atoms with Crippen LogP contribution in [0.1, 0.15) is 26.3 Å². The number of imide groups is 1. The van der Waals surface area contributed by atoms with Crippen LogP contribution in [0, 0.1) is 0 Å². The molecule has 0 unspecified atom stereocenters. The first-order valence-corrected chi connectivity index (χ1v) is 6.97. The lowest BCUT2D eigenvalue weighted by Gasteiger charge is -2.12. The van der Waals surface area contributed by atoms with Gasteiger partial charge < -0.3 is 4.74 Å². The van der Waals surface area contributed by atoms with E-state index in [1.165, 1.54) is 12.1 Å². The molecule has 0 aliphatic carbocycles. The summed E-state index contributed by atoms with van der Waals surface area (Å²) >= 11 is 0. The van der Waals surface area contributed by atoms with Crippen LogP contribution in [-0.4, -0.2) is 29.5 Å². The number of carbonyl (C=O) groups excluding carboxylic acids is 3. The fourth-order valence-electron chi connectivity index (χ4n) is 2.18. The zero-order valence-corrected chi connectivity index (χ0v) is 12.1. The van der Waals surface area contributed by atoms with Gasteiger partial charge in [-0.05, 0) is 17.7 Å². The molecule has 0 fully saturated rings. The molecule has 1 heterocycles. The van der Waals surface area contributed by atoms with Crippen molar-refractivity contribution < 1.29 is 24.0 Å². The molecule has 1 aliphatic rings. The molecule has 0 N–H and O–H groups in total. The molecule has 0 saturated heterocycles. The minimum Gasteiger partial charge on any atom is -0.459 e. The van der Waals surface area contributed by atoms with Gasteiger partial charge in [0.1, 0.15) is 6.61 Å². The summed E-state index contributed by atoms with van der Waals surface area (Å²) in [5.41, 5.74) is 1.35. The lowest BCUT2D eigenvalue weighted by Crippen LogP contribution is -2.32. The molecule has 23 heavy (non-hydrogen) atoms. The van der Waals surface area contributed by atoms with E-state index in [1.807, 2.05) is 30.3 Å². The topological polar surface area (TPSA) is 72.9 Å². The van der Waals surface area contributed by atoms with Gasteiger partial charge in [-0.2, -0.15) is 0 Å². The largest absolute Gasteiger partial charge is 0.459 e. The maximum absolute atomic E-state index is 12.0. The smallest absolute Gasteiger partial charge is 0.335 e. The molecular weight excluding hydrogens is 298 g/mol. The van der Waals surface area contributed by atoms with Gasteiger partial charge in [0.05, 0.1) is 11.1 Å². The second-order valence-electron chi connectivity index (χ2n) is 4.87. The van der Waals surface area contributed by atoms with E-state index < -0.39 is 24.4 Å². The summed E-state index contributed by atoms with van der Waals surface area (Å²) in [4.78, 5) is 40.7. The second-order valence-corrected chi connectivity index (χ2v) is 4.87. The van der Waals surface area contributed by atoms with E-state index in [2.05, 4.69) is 0 Å². The molecule has 6 nitrogen and oxygen atoms in total. The van der Waals surface area contributed by atoms with Crippen LogP contribution in [0.2, 0.25) is 0 Å². The normalized spacial score (nSPS) is 13.1. The van der Waals surface area contributed by atoms with Crippen molar-refractivity contribution in [3.63, 3.8) is 0 Å². The number of rotatable bonds is 5. The Morgan fingerprint density at radius 3 is 2.04 bits per heavy atom. The van der Waals surface area contributed by atoms with Gasteiger partial charge in [-0.25, -0.2) is 4.79 Å². The van der Waals surface area contributed by atoms with Gasteiger partial charge in [-0.3, -0.25) is 14.4 Å². The zero-order valence-electron chi connectivity index (χ0n) is 12.1. The van der Waals surface area contributed by atoms with E-state index in [0.29, 0.717) is 5.06 Å². The highest BCUT2D eigenvalue weighted by Gasteiger charge is 2.36. The van der Waals surface area contributed by atoms with E-state index in [-0.39, 0.29) is 17.7 Å². The minimum atomic E-state index is -0.662. The summed E-state index contributed by atoms with van der Waals surface area (Å²) in [6.45, 7) is -0.413.